The number of carbonyl (C=O) groups is 1. The molecule has 0 aliphatic heterocycles. The Bertz CT molecular complexity index is 444. The van der Waals surface area contributed by atoms with Crippen LogP contribution in [-0.4, -0.2) is 17.9 Å². The fraction of sp³-hybridized carbons (Fsp3) is 0.300. The van der Waals surface area contributed by atoms with Crippen molar-refractivity contribution in [2.75, 3.05) is 0 Å². The third-order valence-corrected chi connectivity index (χ3v) is 1.99. The van der Waals surface area contributed by atoms with Crippen molar-refractivity contribution in [1.82, 2.24) is 0 Å². The fourth-order valence-electron chi connectivity index (χ4n) is 1.17. The van der Waals surface area contributed by atoms with Crippen LogP contribution in [0.15, 0.2) is 18.2 Å². The Labute approximate surface area is 96.2 Å². The summed E-state index contributed by atoms with van der Waals surface area (Å²) in [5.74, 6) is -10.4. The van der Waals surface area contributed by atoms with Crippen LogP contribution in [0.5, 0.6) is 0 Å². The Morgan fingerprint density at radius 1 is 0.944 bits per heavy atom. The quantitative estimate of drug-likeness (QED) is 0.773. The largest absolute Gasteiger partial charge is 0.461 e. The second kappa shape index (κ2) is 4.58. The average Bonchev–Trinajstić information content (AvgIpc) is 2.13. The summed E-state index contributed by atoms with van der Waals surface area (Å²) in [6.45, 7) is 0. The van der Waals surface area contributed by atoms with Crippen LogP contribution in [0.2, 0.25) is 0 Å². The van der Waals surface area contributed by atoms with Gasteiger partial charge in [0.15, 0.2) is 0 Å². The maximum absolute atomic E-state index is 12.6. The average molecular weight is 274 g/mol. The predicted octanol–water partition coefficient (Wildman–Crippen LogP) is 3.27. The Morgan fingerprint density at radius 3 is 1.78 bits per heavy atom. The minimum Gasteiger partial charge on any atom is -0.292 e. The van der Waals surface area contributed by atoms with Crippen molar-refractivity contribution in [2.24, 2.45) is 0 Å². The van der Waals surface area contributed by atoms with Gasteiger partial charge in [-0.05, 0) is 17.7 Å². The van der Waals surface area contributed by atoms with Crippen molar-refractivity contribution in [3.63, 3.8) is 0 Å². The Kier molecular flexibility index (Phi) is 3.68. The number of rotatable bonds is 3. The minimum absolute atomic E-state index is 0.399. The third-order valence-electron chi connectivity index (χ3n) is 1.99. The summed E-state index contributed by atoms with van der Waals surface area (Å²) in [6, 6.07) is 1.41. The standard InChI is InChI=1S/C10H5F7O/c11-6-1-5(2-7(12)4-6)3-8(18)9(13,14)10(15,16)17/h1-2,4H,3H2. The van der Waals surface area contributed by atoms with Crippen molar-refractivity contribution >= 4 is 5.78 Å². The van der Waals surface area contributed by atoms with Crippen LogP contribution in [-0.2, 0) is 11.2 Å². The zero-order chi connectivity index (χ0) is 14.1. The van der Waals surface area contributed by atoms with Gasteiger partial charge in [-0.2, -0.15) is 22.0 Å². The van der Waals surface area contributed by atoms with Crippen LogP contribution in [0.1, 0.15) is 5.56 Å². The zero-order valence-corrected chi connectivity index (χ0v) is 8.49. The number of alkyl halides is 5. The van der Waals surface area contributed by atoms with Crippen molar-refractivity contribution < 1.29 is 35.5 Å². The summed E-state index contributed by atoms with van der Waals surface area (Å²) in [5.41, 5.74) is -0.596. The highest BCUT2D eigenvalue weighted by molar-refractivity contribution is 5.88. The molecule has 0 N–H and O–H groups in total. The van der Waals surface area contributed by atoms with Gasteiger partial charge < -0.3 is 0 Å². The summed E-state index contributed by atoms with van der Waals surface area (Å²) in [4.78, 5) is 10.8. The topological polar surface area (TPSA) is 17.1 Å². The highest BCUT2D eigenvalue weighted by Gasteiger charge is 2.62. The van der Waals surface area contributed by atoms with Gasteiger partial charge >= 0.3 is 12.1 Å². The van der Waals surface area contributed by atoms with Crippen LogP contribution < -0.4 is 0 Å². The smallest absolute Gasteiger partial charge is 0.292 e. The van der Waals surface area contributed by atoms with Gasteiger partial charge in [0, 0.05) is 12.5 Å². The molecule has 0 fully saturated rings. The van der Waals surface area contributed by atoms with E-state index in [1.165, 1.54) is 0 Å². The molecular formula is C10H5F7O. The highest BCUT2D eigenvalue weighted by Crippen LogP contribution is 2.36. The van der Waals surface area contributed by atoms with E-state index in [4.69, 9.17) is 0 Å². The maximum atomic E-state index is 12.6. The first-order valence-corrected chi connectivity index (χ1v) is 4.47. The first-order chi connectivity index (χ1) is 8.04. The molecule has 1 aromatic rings. The van der Waals surface area contributed by atoms with E-state index in [1.807, 2.05) is 0 Å². The molecule has 18 heavy (non-hydrogen) atoms. The van der Waals surface area contributed by atoms with Crippen molar-refractivity contribution in [3.8, 4) is 0 Å². The van der Waals surface area contributed by atoms with Gasteiger partial charge in [0.1, 0.15) is 11.6 Å². The van der Waals surface area contributed by atoms with E-state index >= 15 is 0 Å². The Morgan fingerprint density at radius 2 is 1.39 bits per heavy atom. The van der Waals surface area contributed by atoms with Gasteiger partial charge in [0.2, 0.25) is 5.78 Å². The number of benzene rings is 1. The molecule has 0 saturated carbocycles. The molecule has 0 atom stereocenters. The lowest BCUT2D eigenvalue weighted by molar-refractivity contribution is -0.268. The molecule has 0 amide bonds. The number of hydrogen-bond donors (Lipinski definition) is 0. The summed E-state index contributed by atoms with van der Waals surface area (Å²) >= 11 is 0. The van der Waals surface area contributed by atoms with E-state index in [0.717, 1.165) is 0 Å². The number of Topliss-reactive ketones (excluding diaryl/α,β-unsaturated/α-hetero) is 1. The van der Waals surface area contributed by atoms with E-state index in [9.17, 15) is 35.5 Å². The summed E-state index contributed by atoms with van der Waals surface area (Å²) in [7, 11) is 0. The van der Waals surface area contributed by atoms with Crippen molar-refractivity contribution in [3.05, 3.63) is 35.4 Å². The molecule has 1 nitrogen and oxygen atoms in total. The number of ketones is 1. The van der Waals surface area contributed by atoms with Gasteiger partial charge in [-0.15, -0.1) is 0 Å². The lowest BCUT2D eigenvalue weighted by Crippen LogP contribution is -2.44. The van der Waals surface area contributed by atoms with Crippen LogP contribution in [0.4, 0.5) is 30.7 Å². The molecule has 0 aliphatic rings. The number of hydrogen-bond acceptors (Lipinski definition) is 1. The molecular weight excluding hydrogens is 269 g/mol. The first kappa shape index (κ1) is 14.5. The normalized spacial score (nSPS) is 12.6. The second-order valence-corrected chi connectivity index (χ2v) is 3.45. The van der Waals surface area contributed by atoms with Crippen LogP contribution in [0.25, 0.3) is 0 Å². The van der Waals surface area contributed by atoms with E-state index < -0.39 is 41.5 Å². The first-order valence-electron chi connectivity index (χ1n) is 4.47. The highest BCUT2D eigenvalue weighted by atomic mass is 19.4. The maximum Gasteiger partial charge on any atom is 0.461 e. The molecule has 0 bridgehead atoms. The van der Waals surface area contributed by atoms with Gasteiger partial charge in [0.25, 0.3) is 0 Å². The summed E-state index contributed by atoms with van der Waals surface area (Å²) in [6.07, 6.45) is -7.45. The molecule has 0 radical (unpaired) electrons. The number of carbonyl (C=O) groups excluding carboxylic acids is 1. The summed E-state index contributed by atoms with van der Waals surface area (Å²) in [5, 5.41) is 0. The molecule has 1 aromatic carbocycles. The molecule has 8 heteroatoms. The molecule has 0 heterocycles. The van der Waals surface area contributed by atoms with E-state index in [2.05, 4.69) is 0 Å². The molecule has 0 aromatic heterocycles. The summed E-state index contributed by atoms with van der Waals surface area (Å²) < 4.78 is 85.9. The number of halogens is 7. The molecule has 0 unspecified atom stereocenters. The Balaban J connectivity index is 2.95. The van der Waals surface area contributed by atoms with Gasteiger partial charge in [0.05, 0.1) is 0 Å². The minimum atomic E-state index is -6.03. The molecule has 0 saturated heterocycles. The van der Waals surface area contributed by atoms with E-state index in [-0.39, 0.29) is 0 Å². The molecule has 0 spiro atoms. The monoisotopic (exact) mass is 274 g/mol. The van der Waals surface area contributed by atoms with Crippen molar-refractivity contribution in [2.45, 2.75) is 18.5 Å². The van der Waals surface area contributed by atoms with Crippen LogP contribution in [0, 0.1) is 11.6 Å². The third kappa shape index (κ3) is 2.99. The van der Waals surface area contributed by atoms with E-state index in [1.54, 1.807) is 0 Å². The Hall–Kier alpha value is -1.60. The second-order valence-electron chi connectivity index (χ2n) is 3.45. The SMILES string of the molecule is O=C(Cc1cc(F)cc(F)c1)C(F)(F)C(F)(F)F. The van der Waals surface area contributed by atoms with Gasteiger partial charge in [-0.3, -0.25) is 4.79 Å². The van der Waals surface area contributed by atoms with Crippen LogP contribution in [0.3, 0.4) is 0 Å². The zero-order valence-electron chi connectivity index (χ0n) is 8.49. The lowest BCUT2D eigenvalue weighted by atomic mass is 10.0. The predicted molar refractivity (Wildman–Crippen MR) is 46.1 cm³/mol. The fourth-order valence-corrected chi connectivity index (χ4v) is 1.17. The lowest BCUT2D eigenvalue weighted by Gasteiger charge is -2.17. The van der Waals surface area contributed by atoms with Crippen molar-refractivity contribution in [1.29, 1.82) is 0 Å². The molecule has 100 valence electrons. The van der Waals surface area contributed by atoms with Gasteiger partial charge in [-0.1, -0.05) is 0 Å². The van der Waals surface area contributed by atoms with E-state index in [0.29, 0.717) is 18.2 Å². The molecule has 1 rings (SSSR count). The van der Waals surface area contributed by atoms with Gasteiger partial charge in [-0.25, -0.2) is 8.78 Å². The molecule has 0 aliphatic carbocycles. The van der Waals surface area contributed by atoms with Crippen LogP contribution >= 0.6 is 0 Å².